The second kappa shape index (κ2) is 6.15. The van der Waals surface area contributed by atoms with Gasteiger partial charge in [-0.1, -0.05) is 6.07 Å². The fourth-order valence-electron chi connectivity index (χ4n) is 2.21. The molecule has 3 aromatic rings. The van der Waals surface area contributed by atoms with Crippen molar-refractivity contribution in [3.63, 3.8) is 0 Å². The fourth-order valence-corrected chi connectivity index (χ4v) is 2.21. The van der Waals surface area contributed by atoms with Crippen LogP contribution in [0, 0.1) is 6.92 Å². The number of hydrogen-bond acceptors (Lipinski definition) is 5. The monoisotopic (exact) mass is 350 g/mol. The molecule has 0 radical (unpaired) electrons. The maximum Gasteiger partial charge on any atom is 0.416 e. The third-order valence-corrected chi connectivity index (χ3v) is 3.49. The first-order valence-corrected chi connectivity index (χ1v) is 7.28. The number of nitrogens with zero attached hydrogens (tertiary/aromatic N) is 4. The first-order valence-electron chi connectivity index (χ1n) is 7.28. The summed E-state index contributed by atoms with van der Waals surface area (Å²) in [5, 5.41) is 4.00. The highest BCUT2D eigenvalue weighted by Crippen LogP contribution is 2.32. The van der Waals surface area contributed by atoms with Crippen LogP contribution in [-0.2, 0) is 12.7 Å². The minimum absolute atomic E-state index is 0.0826. The highest BCUT2D eigenvalue weighted by atomic mass is 19.4. The molecular weight excluding hydrogens is 337 g/mol. The zero-order valence-corrected chi connectivity index (χ0v) is 13.3. The first kappa shape index (κ1) is 16.9. The standard InChI is InChI=1S/C16H13F3N4O2/c1-9(24)14-20-8-23(22-14)7-13-10(2)25-15(21-13)11-4-3-5-12(6-11)16(17,18)19/h3-6,8H,7H2,1-2H3. The number of oxazole rings is 1. The molecule has 0 aliphatic carbocycles. The smallest absolute Gasteiger partial charge is 0.416 e. The van der Waals surface area contributed by atoms with Crippen molar-refractivity contribution in [1.82, 2.24) is 19.7 Å². The molecule has 1 aromatic carbocycles. The van der Waals surface area contributed by atoms with Gasteiger partial charge in [-0.3, -0.25) is 4.79 Å². The van der Waals surface area contributed by atoms with Gasteiger partial charge in [0.1, 0.15) is 17.8 Å². The molecule has 0 saturated heterocycles. The van der Waals surface area contributed by atoms with E-state index in [4.69, 9.17) is 4.42 Å². The van der Waals surface area contributed by atoms with E-state index < -0.39 is 11.7 Å². The molecule has 130 valence electrons. The number of Topliss-reactive ketones (excluding diaryl/α,β-unsaturated/α-hetero) is 1. The van der Waals surface area contributed by atoms with Crippen LogP contribution in [0.5, 0.6) is 0 Å². The molecule has 0 amide bonds. The number of aryl methyl sites for hydroxylation is 1. The van der Waals surface area contributed by atoms with Gasteiger partial charge in [-0.15, -0.1) is 5.10 Å². The van der Waals surface area contributed by atoms with Crippen LogP contribution in [-0.4, -0.2) is 25.5 Å². The average Bonchev–Trinajstić information content (AvgIpc) is 3.15. The Kier molecular flexibility index (Phi) is 4.15. The Morgan fingerprint density at radius 2 is 2.08 bits per heavy atom. The topological polar surface area (TPSA) is 73.8 Å². The predicted molar refractivity (Wildman–Crippen MR) is 80.8 cm³/mol. The normalized spacial score (nSPS) is 11.7. The van der Waals surface area contributed by atoms with Crippen molar-refractivity contribution < 1.29 is 22.4 Å². The van der Waals surface area contributed by atoms with Gasteiger partial charge >= 0.3 is 6.18 Å². The zero-order valence-electron chi connectivity index (χ0n) is 13.3. The minimum Gasteiger partial charge on any atom is -0.441 e. The van der Waals surface area contributed by atoms with Crippen LogP contribution in [0.2, 0.25) is 0 Å². The Morgan fingerprint density at radius 3 is 2.72 bits per heavy atom. The van der Waals surface area contributed by atoms with Crippen molar-refractivity contribution in [3.8, 4) is 11.5 Å². The summed E-state index contributed by atoms with van der Waals surface area (Å²) in [5.74, 6) is 0.359. The van der Waals surface area contributed by atoms with Gasteiger partial charge in [0, 0.05) is 12.5 Å². The van der Waals surface area contributed by atoms with Crippen LogP contribution in [0.25, 0.3) is 11.5 Å². The number of benzene rings is 1. The molecular formula is C16H13F3N4O2. The minimum atomic E-state index is -4.44. The summed E-state index contributed by atoms with van der Waals surface area (Å²) in [6.07, 6.45) is -3.06. The number of hydrogen-bond donors (Lipinski definition) is 0. The quantitative estimate of drug-likeness (QED) is 0.673. The van der Waals surface area contributed by atoms with E-state index in [9.17, 15) is 18.0 Å². The number of halogens is 3. The Balaban J connectivity index is 1.88. The molecule has 0 fully saturated rings. The number of alkyl halides is 3. The summed E-state index contributed by atoms with van der Waals surface area (Å²) in [7, 11) is 0. The van der Waals surface area contributed by atoms with Gasteiger partial charge in [0.25, 0.3) is 0 Å². The number of rotatable bonds is 4. The van der Waals surface area contributed by atoms with Crippen molar-refractivity contribution >= 4 is 5.78 Å². The Bertz CT molecular complexity index is 928. The number of carbonyl (C=O) groups excluding carboxylic acids is 1. The van der Waals surface area contributed by atoms with E-state index in [0.29, 0.717) is 11.5 Å². The van der Waals surface area contributed by atoms with E-state index in [0.717, 1.165) is 12.1 Å². The van der Waals surface area contributed by atoms with Crippen LogP contribution in [0.4, 0.5) is 13.2 Å². The highest BCUT2D eigenvalue weighted by molar-refractivity contribution is 5.89. The molecule has 0 atom stereocenters. The first-order chi connectivity index (χ1) is 11.7. The van der Waals surface area contributed by atoms with Gasteiger partial charge < -0.3 is 4.42 Å². The molecule has 3 rings (SSSR count). The van der Waals surface area contributed by atoms with Gasteiger partial charge in [0.05, 0.1) is 12.1 Å². The maximum absolute atomic E-state index is 12.8. The van der Waals surface area contributed by atoms with Crippen LogP contribution >= 0.6 is 0 Å². The second-order valence-electron chi connectivity index (χ2n) is 5.42. The molecule has 0 aliphatic heterocycles. The third-order valence-electron chi connectivity index (χ3n) is 3.49. The maximum atomic E-state index is 12.8. The van der Waals surface area contributed by atoms with Crippen molar-refractivity contribution in [2.45, 2.75) is 26.6 Å². The summed E-state index contributed by atoms with van der Waals surface area (Å²) in [5.41, 5.74) is -0.0515. The third kappa shape index (κ3) is 3.59. The van der Waals surface area contributed by atoms with E-state index in [2.05, 4.69) is 15.1 Å². The van der Waals surface area contributed by atoms with Crippen molar-refractivity contribution in [2.75, 3.05) is 0 Å². The van der Waals surface area contributed by atoms with E-state index >= 15 is 0 Å². The number of carbonyl (C=O) groups is 1. The van der Waals surface area contributed by atoms with Crippen molar-refractivity contribution in [2.24, 2.45) is 0 Å². The van der Waals surface area contributed by atoms with E-state index in [1.165, 1.54) is 30.1 Å². The van der Waals surface area contributed by atoms with Crippen molar-refractivity contribution in [3.05, 3.63) is 53.4 Å². The molecule has 9 heteroatoms. The lowest BCUT2D eigenvalue weighted by molar-refractivity contribution is -0.137. The average molecular weight is 350 g/mol. The highest BCUT2D eigenvalue weighted by Gasteiger charge is 2.30. The Labute approximate surface area is 140 Å². The zero-order chi connectivity index (χ0) is 18.2. The van der Waals surface area contributed by atoms with Crippen LogP contribution < -0.4 is 0 Å². The summed E-state index contributed by atoms with van der Waals surface area (Å²) < 4.78 is 45.4. The van der Waals surface area contributed by atoms with Crippen LogP contribution in [0.3, 0.4) is 0 Å². The Morgan fingerprint density at radius 1 is 1.32 bits per heavy atom. The molecule has 0 unspecified atom stereocenters. The fraction of sp³-hybridized carbons (Fsp3) is 0.250. The number of aromatic nitrogens is 4. The summed E-state index contributed by atoms with van der Waals surface area (Å²) in [4.78, 5) is 19.3. The Hall–Kier alpha value is -2.97. The lowest BCUT2D eigenvalue weighted by Gasteiger charge is -2.06. The van der Waals surface area contributed by atoms with Gasteiger partial charge in [0.15, 0.2) is 5.78 Å². The lowest BCUT2D eigenvalue weighted by atomic mass is 10.1. The molecule has 0 saturated carbocycles. The van der Waals surface area contributed by atoms with Crippen molar-refractivity contribution in [1.29, 1.82) is 0 Å². The molecule has 2 heterocycles. The molecule has 6 nitrogen and oxygen atoms in total. The lowest BCUT2D eigenvalue weighted by Crippen LogP contribution is -2.05. The van der Waals surface area contributed by atoms with Gasteiger partial charge in [-0.2, -0.15) is 13.2 Å². The van der Waals surface area contributed by atoms with E-state index in [-0.39, 0.29) is 29.6 Å². The van der Waals surface area contributed by atoms with Crippen LogP contribution in [0.1, 0.15) is 34.6 Å². The molecule has 25 heavy (non-hydrogen) atoms. The number of ketones is 1. The molecule has 0 aliphatic rings. The largest absolute Gasteiger partial charge is 0.441 e. The molecule has 0 spiro atoms. The summed E-state index contributed by atoms with van der Waals surface area (Å²) in [6.45, 7) is 3.20. The second-order valence-corrected chi connectivity index (χ2v) is 5.42. The molecule has 0 bridgehead atoms. The summed E-state index contributed by atoms with van der Waals surface area (Å²) >= 11 is 0. The molecule has 2 aromatic heterocycles. The van der Waals surface area contributed by atoms with Crippen LogP contribution in [0.15, 0.2) is 35.0 Å². The molecule has 0 N–H and O–H groups in total. The van der Waals surface area contributed by atoms with Gasteiger partial charge in [-0.25, -0.2) is 14.6 Å². The van der Waals surface area contributed by atoms with E-state index in [1.807, 2.05) is 0 Å². The summed E-state index contributed by atoms with van der Waals surface area (Å²) in [6, 6.07) is 4.76. The van der Waals surface area contributed by atoms with Gasteiger partial charge in [0.2, 0.25) is 11.7 Å². The van der Waals surface area contributed by atoms with Gasteiger partial charge in [-0.05, 0) is 25.1 Å². The van der Waals surface area contributed by atoms with E-state index in [1.54, 1.807) is 6.92 Å². The SMILES string of the molecule is CC(=O)c1ncn(Cc2nc(-c3cccc(C(F)(F)F)c3)oc2C)n1. The predicted octanol–water partition coefficient (Wildman–Crippen LogP) is 3.51.